The van der Waals surface area contributed by atoms with Crippen molar-refractivity contribution in [2.24, 2.45) is 0 Å². The first kappa shape index (κ1) is 16.0. The summed E-state index contributed by atoms with van der Waals surface area (Å²) in [5.41, 5.74) is 2.94. The third kappa shape index (κ3) is 3.17. The number of benzene rings is 2. The number of nitrogens with one attached hydrogen (secondary N) is 4. The van der Waals surface area contributed by atoms with Gasteiger partial charge < -0.3 is 20.6 Å². The predicted octanol–water partition coefficient (Wildman–Crippen LogP) is 2.81. The molecule has 2 amide bonds. The lowest BCUT2D eigenvalue weighted by Gasteiger charge is -2.07. The van der Waals surface area contributed by atoms with Gasteiger partial charge in [0.15, 0.2) is 0 Å². The molecule has 0 atom stereocenters. The fraction of sp³-hybridized carbons (Fsp3) is 0.100. The highest BCUT2D eigenvalue weighted by Crippen LogP contribution is 2.15. The van der Waals surface area contributed by atoms with Gasteiger partial charge in [-0.15, -0.1) is 0 Å². The second-order valence-corrected chi connectivity index (χ2v) is 6.06. The van der Waals surface area contributed by atoms with Crippen LogP contribution in [0.4, 0.5) is 0 Å². The van der Waals surface area contributed by atoms with Crippen molar-refractivity contribution in [2.45, 2.75) is 0 Å². The first-order valence-electron chi connectivity index (χ1n) is 8.42. The second kappa shape index (κ2) is 6.76. The Morgan fingerprint density at radius 1 is 0.808 bits per heavy atom. The summed E-state index contributed by atoms with van der Waals surface area (Å²) < 4.78 is 0. The lowest BCUT2D eigenvalue weighted by molar-refractivity contribution is 0.0925. The maximum atomic E-state index is 12.2. The first-order valence-corrected chi connectivity index (χ1v) is 8.42. The molecule has 4 rings (SSSR count). The van der Waals surface area contributed by atoms with Crippen LogP contribution in [-0.2, 0) is 0 Å². The van der Waals surface area contributed by atoms with Gasteiger partial charge in [-0.05, 0) is 35.7 Å². The van der Waals surface area contributed by atoms with E-state index in [1.807, 2.05) is 54.7 Å². The van der Waals surface area contributed by atoms with E-state index in [4.69, 9.17) is 0 Å². The molecule has 0 spiro atoms. The quantitative estimate of drug-likeness (QED) is 0.419. The van der Waals surface area contributed by atoms with Crippen LogP contribution in [0.3, 0.4) is 0 Å². The van der Waals surface area contributed by atoms with Gasteiger partial charge in [-0.1, -0.05) is 24.3 Å². The molecular weight excluding hydrogens is 328 g/mol. The summed E-state index contributed by atoms with van der Waals surface area (Å²) in [7, 11) is 0. The van der Waals surface area contributed by atoms with E-state index in [0.29, 0.717) is 24.3 Å². The second-order valence-electron chi connectivity index (χ2n) is 6.06. The minimum atomic E-state index is -0.191. The van der Waals surface area contributed by atoms with Crippen molar-refractivity contribution < 1.29 is 9.59 Å². The van der Waals surface area contributed by atoms with Gasteiger partial charge in [0, 0.05) is 41.3 Å². The monoisotopic (exact) mass is 346 g/mol. The van der Waals surface area contributed by atoms with E-state index < -0.39 is 0 Å². The molecule has 0 saturated heterocycles. The number of carbonyl (C=O) groups is 2. The van der Waals surface area contributed by atoms with Crippen LogP contribution in [-0.4, -0.2) is 34.9 Å². The van der Waals surface area contributed by atoms with Crippen LogP contribution in [0.1, 0.15) is 20.8 Å². The maximum absolute atomic E-state index is 12.2. The zero-order valence-corrected chi connectivity index (χ0v) is 14.0. The molecule has 130 valence electrons. The van der Waals surface area contributed by atoms with E-state index in [-0.39, 0.29) is 11.8 Å². The Kier molecular flexibility index (Phi) is 4.15. The topological polar surface area (TPSA) is 89.8 Å². The molecule has 0 radical (unpaired) electrons. The molecule has 0 fully saturated rings. The number of hydrogen-bond donors (Lipinski definition) is 4. The zero-order chi connectivity index (χ0) is 17.9. The summed E-state index contributed by atoms with van der Waals surface area (Å²) in [4.78, 5) is 30.6. The summed E-state index contributed by atoms with van der Waals surface area (Å²) >= 11 is 0. The Morgan fingerprint density at radius 3 is 2.46 bits per heavy atom. The minimum absolute atomic E-state index is 0.165. The number of hydrogen-bond acceptors (Lipinski definition) is 2. The highest BCUT2D eigenvalue weighted by molar-refractivity contribution is 5.99. The van der Waals surface area contributed by atoms with Crippen LogP contribution in [0.25, 0.3) is 21.8 Å². The smallest absolute Gasteiger partial charge is 0.267 e. The van der Waals surface area contributed by atoms with Gasteiger partial charge in [0.05, 0.1) is 0 Å². The molecule has 6 heteroatoms. The Labute approximate surface area is 149 Å². The highest BCUT2D eigenvalue weighted by atomic mass is 16.2. The number of para-hydroxylation sites is 1. The number of rotatable bonds is 5. The molecule has 2 aromatic heterocycles. The molecule has 4 N–H and O–H groups in total. The van der Waals surface area contributed by atoms with Crippen molar-refractivity contribution in [1.29, 1.82) is 0 Å². The molecule has 26 heavy (non-hydrogen) atoms. The average molecular weight is 346 g/mol. The standard InChI is InChI=1S/C20H18N4O2/c25-19(15-6-5-13-7-8-21-17(13)12-15)22-9-10-23-20(26)18-11-14-3-1-2-4-16(14)24-18/h1-8,11-12,21,24H,9-10H2,(H,22,25)(H,23,26). The molecule has 6 nitrogen and oxygen atoms in total. The van der Waals surface area contributed by atoms with Crippen LogP contribution < -0.4 is 10.6 Å². The highest BCUT2D eigenvalue weighted by Gasteiger charge is 2.10. The fourth-order valence-corrected chi connectivity index (χ4v) is 2.93. The van der Waals surface area contributed by atoms with Gasteiger partial charge in [0.1, 0.15) is 5.69 Å². The van der Waals surface area contributed by atoms with Crippen molar-refractivity contribution in [3.8, 4) is 0 Å². The minimum Gasteiger partial charge on any atom is -0.361 e. The van der Waals surface area contributed by atoms with Crippen LogP contribution in [0.2, 0.25) is 0 Å². The molecule has 0 aliphatic rings. The van der Waals surface area contributed by atoms with Crippen LogP contribution in [0.5, 0.6) is 0 Å². The summed E-state index contributed by atoms with van der Waals surface area (Å²) in [6.07, 6.45) is 1.84. The number of amides is 2. The van der Waals surface area contributed by atoms with Crippen molar-refractivity contribution in [1.82, 2.24) is 20.6 Å². The van der Waals surface area contributed by atoms with E-state index >= 15 is 0 Å². The molecule has 0 aliphatic heterocycles. The summed E-state index contributed by atoms with van der Waals surface area (Å²) in [5.74, 6) is -0.357. The van der Waals surface area contributed by atoms with Gasteiger partial charge in [-0.2, -0.15) is 0 Å². The third-order valence-electron chi connectivity index (χ3n) is 4.29. The summed E-state index contributed by atoms with van der Waals surface area (Å²) in [6.45, 7) is 0.707. The Bertz CT molecular complexity index is 1040. The molecule has 0 saturated carbocycles. The van der Waals surface area contributed by atoms with Crippen molar-refractivity contribution in [3.63, 3.8) is 0 Å². The van der Waals surface area contributed by atoms with Gasteiger partial charge >= 0.3 is 0 Å². The maximum Gasteiger partial charge on any atom is 0.267 e. The van der Waals surface area contributed by atoms with Gasteiger partial charge in [-0.25, -0.2) is 0 Å². The summed E-state index contributed by atoms with van der Waals surface area (Å²) in [6, 6.07) is 17.0. The number of aromatic amines is 2. The van der Waals surface area contributed by atoms with Crippen LogP contribution in [0.15, 0.2) is 60.8 Å². The molecule has 0 bridgehead atoms. The van der Waals surface area contributed by atoms with Crippen LogP contribution >= 0.6 is 0 Å². The normalized spacial score (nSPS) is 10.9. The van der Waals surface area contributed by atoms with Crippen molar-refractivity contribution in [2.75, 3.05) is 13.1 Å². The first-order chi connectivity index (χ1) is 12.7. The third-order valence-corrected chi connectivity index (χ3v) is 4.29. The van der Waals surface area contributed by atoms with E-state index in [1.165, 1.54) is 0 Å². The van der Waals surface area contributed by atoms with Gasteiger partial charge in [-0.3, -0.25) is 9.59 Å². The zero-order valence-electron chi connectivity index (χ0n) is 14.0. The molecule has 2 aromatic carbocycles. The van der Waals surface area contributed by atoms with Crippen molar-refractivity contribution >= 4 is 33.6 Å². The Balaban J connectivity index is 1.30. The summed E-state index contributed by atoms with van der Waals surface area (Å²) in [5, 5.41) is 7.67. The molecule has 0 unspecified atom stereocenters. The number of H-pyrrole nitrogens is 2. The predicted molar refractivity (Wildman–Crippen MR) is 101 cm³/mol. The Morgan fingerprint density at radius 2 is 1.62 bits per heavy atom. The lowest BCUT2D eigenvalue weighted by Crippen LogP contribution is -2.34. The van der Waals surface area contributed by atoms with E-state index in [0.717, 1.165) is 21.8 Å². The SMILES string of the molecule is O=C(NCCNC(=O)c1cc2ccccc2[nH]1)c1ccc2cc[nH]c2c1. The number of fused-ring (bicyclic) bond motifs is 2. The Hall–Kier alpha value is -3.54. The van der Waals surface area contributed by atoms with Gasteiger partial charge in [0.25, 0.3) is 11.8 Å². The van der Waals surface area contributed by atoms with E-state index in [1.54, 1.807) is 6.07 Å². The fourth-order valence-electron chi connectivity index (χ4n) is 2.93. The molecule has 0 aliphatic carbocycles. The molecule has 4 aromatic rings. The number of aromatic nitrogens is 2. The molecular formula is C20H18N4O2. The lowest BCUT2D eigenvalue weighted by atomic mass is 10.1. The van der Waals surface area contributed by atoms with E-state index in [9.17, 15) is 9.59 Å². The number of carbonyl (C=O) groups excluding carboxylic acids is 2. The molecule has 2 heterocycles. The van der Waals surface area contributed by atoms with E-state index in [2.05, 4.69) is 20.6 Å². The van der Waals surface area contributed by atoms with Crippen molar-refractivity contribution in [3.05, 3.63) is 72.1 Å². The largest absolute Gasteiger partial charge is 0.361 e. The average Bonchev–Trinajstić information content (AvgIpc) is 3.30. The van der Waals surface area contributed by atoms with Gasteiger partial charge in [0.2, 0.25) is 0 Å². The van der Waals surface area contributed by atoms with Crippen LogP contribution in [0, 0.1) is 0 Å².